The summed E-state index contributed by atoms with van der Waals surface area (Å²) in [5.41, 5.74) is 8.62. The van der Waals surface area contributed by atoms with E-state index >= 15 is 0 Å². The average Bonchev–Trinajstić information content (AvgIpc) is 3.27. The van der Waals surface area contributed by atoms with Crippen molar-refractivity contribution in [3.63, 3.8) is 0 Å². The number of hydrogen-bond acceptors (Lipinski definition) is 7. The zero-order valence-corrected chi connectivity index (χ0v) is 19.8. The fourth-order valence-corrected chi connectivity index (χ4v) is 5.47. The number of halogens is 2. The van der Waals surface area contributed by atoms with Crippen LogP contribution in [0.15, 0.2) is 12.1 Å². The minimum absolute atomic E-state index is 0.0465. The van der Waals surface area contributed by atoms with Gasteiger partial charge in [0.2, 0.25) is 10.0 Å². The Morgan fingerprint density at radius 3 is 2.90 bits per heavy atom. The van der Waals surface area contributed by atoms with Gasteiger partial charge in [0.25, 0.3) is 0 Å². The van der Waals surface area contributed by atoms with Crippen LogP contribution in [0.3, 0.4) is 0 Å². The van der Waals surface area contributed by atoms with E-state index in [2.05, 4.69) is 48.3 Å². The van der Waals surface area contributed by atoms with Gasteiger partial charge >= 0.3 is 6.08 Å². The third-order valence-corrected chi connectivity index (χ3v) is 7.60. The molecule has 9 nitrogen and oxygen atoms in total. The van der Waals surface area contributed by atoms with Crippen molar-refractivity contribution in [2.75, 3.05) is 24.6 Å². The maximum atomic E-state index is 13.9. The topological polar surface area (TPSA) is 125 Å². The summed E-state index contributed by atoms with van der Waals surface area (Å²) in [5.74, 6) is 1.36. The van der Waals surface area contributed by atoms with Gasteiger partial charge in [0, 0.05) is 29.5 Å². The fraction of sp³-hybridized carbons (Fsp3) is 0.421. The number of aryl methyl sites for hydroxylation is 1. The molecule has 0 unspecified atom stereocenters. The van der Waals surface area contributed by atoms with E-state index < -0.39 is 16.1 Å². The second-order valence-corrected chi connectivity index (χ2v) is 10.3. The Kier molecular flexibility index (Phi) is 6.30. The molecule has 2 aromatic heterocycles. The van der Waals surface area contributed by atoms with Gasteiger partial charge in [-0.2, -0.15) is 14.4 Å². The molecule has 0 fully saturated rings. The van der Waals surface area contributed by atoms with Crippen molar-refractivity contribution in [2.45, 2.75) is 32.7 Å². The number of fused-ring (bicyclic) bond motifs is 2. The lowest BCUT2D eigenvalue weighted by atomic mass is 10.1. The number of hydrogen-bond donors (Lipinski definition) is 2. The lowest BCUT2D eigenvalue weighted by Gasteiger charge is -2.11. The second kappa shape index (κ2) is 8.82. The molecular weight excluding hydrogens is 538 g/mol. The Morgan fingerprint density at radius 1 is 1.32 bits per heavy atom. The van der Waals surface area contributed by atoms with Gasteiger partial charge in [-0.05, 0) is 52.3 Å². The van der Waals surface area contributed by atoms with Crippen LogP contribution in [0.25, 0.3) is 11.2 Å². The lowest BCUT2D eigenvalue weighted by molar-refractivity contribution is 0.356. The van der Waals surface area contributed by atoms with Gasteiger partial charge in [-0.3, -0.25) is 0 Å². The molecule has 0 aliphatic carbocycles. The molecule has 3 aromatic rings. The molecule has 12 heteroatoms. The smallest absolute Gasteiger partial charge is 0.312 e. The number of rotatable bonds is 8. The normalized spacial score (nSPS) is 13.5. The van der Waals surface area contributed by atoms with Crippen LogP contribution in [0, 0.1) is 9.65 Å². The zero-order valence-electron chi connectivity index (χ0n) is 16.9. The second-order valence-electron chi connectivity index (χ2n) is 7.23. The zero-order chi connectivity index (χ0) is 22.2. The first-order chi connectivity index (χ1) is 14.8. The van der Waals surface area contributed by atoms with E-state index in [4.69, 9.17) is 10.5 Å². The molecule has 0 radical (unpaired) electrons. The van der Waals surface area contributed by atoms with Gasteiger partial charge in [-0.1, -0.05) is 6.92 Å². The molecule has 3 heterocycles. The number of nitrogen functional groups attached to an aromatic ring is 1. The lowest BCUT2D eigenvalue weighted by Crippen LogP contribution is -2.26. The van der Waals surface area contributed by atoms with Crippen molar-refractivity contribution in [1.29, 1.82) is 0 Å². The summed E-state index contributed by atoms with van der Waals surface area (Å²) < 4.78 is 48.8. The summed E-state index contributed by atoms with van der Waals surface area (Å²) in [7, 11) is -3.37. The third-order valence-electron chi connectivity index (χ3n) is 5.04. The summed E-state index contributed by atoms with van der Waals surface area (Å²) >= 11 is 2.28. The summed E-state index contributed by atoms with van der Waals surface area (Å²) in [6.07, 6.45) is 0.685. The fourth-order valence-electron chi connectivity index (χ4n) is 3.66. The predicted octanol–water partition coefficient (Wildman–Crippen LogP) is 2.01. The van der Waals surface area contributed by atoms with E-state index in [1.165, 1.54) is 5.56 Å². The molecule has 166 valence electrons. The molecule has 1 aliphatic rings. The van der Waals surface area contributed by atoms with E-state index in [1.54, 1.807) is 11.5 Å². The molecule has 0 saturated carbocycles. The Bertz CT molecular complexity index is 1250. The summed E-state index contributed by atoms with van der Waals surface area (Å²) in [5, 5.41) is 0. The van der Waals surface area contributed by atoms with Crippen LogP contribution in [-0.4, -0.2) is 46.8 Å². The summed E-state index contributed by atoms with van der Waals surface area (Å²) in [6.45, 7) is 3.02. The minimum Gasteiger partial charge on any atom is -0.493 e. The summed E-state index contributed by atoms with van der Waals surface area (Å²) in [6, 6.07) is 4.10. The van der Waals surface area contributed by atoms with Gasteiger partial charge < -0.3 is 15.0 Å². The molecule has 0 amide bonds. The van der Waals surface area contributed by atoms with Crippen molar-refractivity contribution in [2.24, 2.45) is 0 Å². The Labute approximate surface area is 192 Å². The maximum absolute atomic E-state index is 13.9. The van der Waals surface area contributed by atoms with Crippen LogP contribution in [0.2, 0.25) is 0 Å². The third kappa shape index (κ3) is 4.75. The molecule has 3 N–H and O–H groups in total. The van der Waals surface area contributed by atoms with E-state index in [0.29, 0.717) is 43.9 Å². The average molecular weight is 560 g/mol. The van der Waals surface area contributed by atoms with Gasteiger partial charge in [0.05, 0.1) is 12.4 Å². The Hall–Kier alpha value is -2.06. The number of nitrogens with two attached hydrogens (primary N) is 1. The van der Waals surface area contributed by atoms with Crippen LogP contribution in [-0.2, 0) is 29.4 Å². The molecule has 31 heavy (non-hydrogen) atoms. The van der Waals surface area contributed by atoms with E-state index in [9.17, 15) is 12.8 Å². The van der Waals surface area contributed by atoms with Crippen molar-refractivity contribution >= 4 is 49.6 Å². The van der Waals surface area contributed by atoms with E-state index in [1.807, 2.05) is 6.07 Å². The van der Waals surface area contributed by atoms with Crippen LogP contribution >= 0.6 is 22.6 Å². The Morgan fingerprint density at radius 2 is 2.13 bits per heavy atom. The number of benzene rings is 1. The Balaban J connectivity index is 1.69. The van der Waals surface area contributed by atoms with Gasteiger partial charge in [0.1, 0.15) is 11.6 Å². The molecule has 1 aliphatic heterocycles. The highest BCUT2D eigenvalue weighted by molar-refractivity contribution is 14.1. The highest BCUT2D eigenvalue weighted by Crippen LogP contribution is 2.31. The number of aromatic nitrogens is 4. The first-order valence-corrected chi connectivity index (χ1v) is 12.6. The maximum Gasteiger partial charge on any atom is 0.312 e. The summed E-state index contributed by atoms with van der Waals surface area (Å²) in [4.78, 5) is 12.0. The van der Waals surface area contributed by atoms with Crippen LogP contribution in [0.4, 0.5) is 10.2 Å². The van der Waals surface area contributed by atoms with Crippen molar-refractivity contribution in [3.8, 4) is 5.75 Å². The highest BCUT2D eigenvalue weighted by Gasteiger charge is 2.21. The van der Waals surface area contributed by atoms with Crippen LogP contribution < -0.4 is 15.2 Å². The number of ether oxygens (including phenoxy) is 1. The number of nitrogens with zero attached hydrogens (tertiary/aromatic N) is 4. The van der Waals surface area contributed by atoms with Crippen molar-refractivity contribution < 1.29 is 17.5 Å². The van der Waals surface area contributed by atoms with Crippen molar-refractivity contribution in [1.82, 2.24) is 24.2 Å². The van der Waals surface area contributed by atoms with Crippen LogP contribution in [0.5, 0.6) is 5.75 Å². The highest BCUT2D eigenvalue weighted by atomic mass is 127. The molecular formula is C19H22FIN6O3S. The largest absolute Gasteiger partial charge is 0.493 e. The first kappa shape index (κ1) is 22.1. The number of imidazole rings is 1. The number of sulfonamides is 1. The number of nitrogens with one attached hydrogen (secondary N) is 1. The van der Waals surface area contributed by atoms with Gasteiger partial charge in [-0.25, -0.2) is 18.1 Å². The molecule has 4 rings (SSSR count). The monoisotopic (exact) mass is 560 g/mol. The molecule has 0 atom stereocenters. The van der Waals surface area contributed by atoms with Crippen molar-refractivity contribution in [3.05, 3.63) is 38.7 Å². The van der Waals surface area contributed by atoms with E-state index in [-0.39, 0.29) is 17.2 Å². The quantitative estimate of drug-likeness (QED) is 0.319. The van der Waals surface area contributed by atoms with Gasteiger partial charge in [-0.15, -0.1) is 0 Å². The molecule has 0 saturated heterocycles. The predicted molar refractivity (Wildman–Crippen MR) is 123 cm³/mol. The molecule has 0 bridgehead atoms. The standard InChI is InChI=1S/C19H22FIN6O3S/c1-2-23-31(28,29)7-3-5-27-15(24-16-17(22)25-19(20)26-18(16)27)10-12-9-14-11(4-6-30-14)8-13(12)21/h8-9,23H,2-7,10H2,1H3,(H2,22,25,26). The molecule has 0 spiro atoms. The van der Waals surface area contributed by atoms with E-state index in [0.717, 1.165) is 21.3 Å². The number of anilines is 1. The van der Waals surface area contributed by atoms with Crippen LogP contribution in [0.1, 0.15) is 30.3 Å². The minimum atomic E-state index is -3.37. The first-order valence-electron chi connectivity index (χ1n) is 9.87. The molecule has 1 aromatic carbocycles. The van der Waals surface area contributed by atoms with Gasteiger partial charge in [0.15, 0.2) is 17.0 Å². The SMILES string of the molecule is CCNS(=O)(=O)CCCn1c(Cc2cc3c(cc2I)CCO3)nc2c(N)nc(F)nc21.